The van der Waals surface area contributed by atoms with Crippen LogP contribution in [-0.4, -0.2) is 36.3 Å². The predicted molar refractivity (Wildman–Crippen MR) is 82.8 cm³/mol. The highest BCUT2D eigenvalue weighted by Crippen LogP contribution is 2.31. The number of thioether (sulfide) groups is 1. The number of hydrogen-bond donors (Lipinski definition) is 2. The molecule has 1 atom stereocenters. The zero-order chi connectivity index (χ0) is 15.6. The van der Waals surface area contributed by atoms with E-state index in [1.807, 2.05) is 6.07 Å². The van der Waals surface area contributed by atoms with Crippen LogP contribution in [0.2, 0.25) is 0 Å². The summed E-state index contributed by atoms with van der Waals surface area (Å²) in [7, 11) is 0. The number of benzene rings is 1. The molecule has 3 N–H and O–H groups in total. The molecular formula is C15H16N2O4S. The van der Waals surface area contributed by atoms with Crippen molar-refractivity contribution in [2.45, 2.75) is 12.0 Å². The van der Waals surface area contributed by atoms with Crippen molar-refractivity contribution < 1.29 is 19.1 Å². The highest BCUT2D eigenvalue weighted by Gasteiger charge is 2.38. The van der Waals surface area contributed by atoms with Crippen molar-refractivity contribution in [3.8, 4) is 11.5 Å². The third-order valence-electron chi connectivity index (χ3n) is 3.53. The molecule has 0 spiro atoms. The number of rotatable bonds is 4. The van der Waals surface area contributed by atoms with Gasteiger partial charge in [0.1, 0.15) is 18.8 Å². The molecule has 1 aromatic carbocycles. The Hall–Kier alpha value is -2.15. The van der Waals surface area contributed by atoms with E-state index in [-0.39, 0.29) is 12.3 Å². The first-order valence-corrected chi connectivity index (χ1v) is 7.93. The Balaban J connectivity index is 1.69. The Bertz CT molecular complexity index is 646. The molecular weight excluding hydrogens is 304 g/mol. The summed E-state index contributed by atoms with van der Waals surface area (Å²) in [6.07, 6.45) is 1.78. The van der Waals surface area contributed by atoms with Gasteiger partial charge in [-0.25, -0.2) is 0 Å². The first-order chi connectivity index (χ1) is 10.6. The van der Waals surface area contributed by atoms with Gasteiger partial charge in [-0.15, -0.1) is 11.8 Å². The SMILES string of the molecule is NC(=O)C1(NC(=O)Cc2ccc3c(c2)OCCO3)C=CSC1. The molecule has 0 aliphatic carbocycles. The summed E-state index contributed by atoms with van der Waals surface area (Å²) in [4.78, 5) is 23.8. The Morgan fingerprint density at radius 3 is 2.73 bits per heavy atom. The van der Waals surface area contributed by atoms with Crippen molar-refractivity contribution in [2.24, 2.45) is 5.73 Å². The van der Waals surface area contributed by atoms with Gasteiger partial charge in [0.25, 0.3) is 0 Å². The average molecular weight is 320 g/mol. The van der Waals surface area contributed by atoms with Crippen molar-refractivity contribution in [1.29, 1.82) is 0 Å². The number of fused-ring (bicyclic) bond motifs is 1. The fourth-order valence-electron chi connectivity index (χ4n) is 2.36. The zero-order valence-electron chi connectivity index (χ0n) is 11.8. The molecule has 0 radical (unpaired) electrons. The number of carbonyl (C=O) groups excluding carboxylic acids is 2. The molecule has 2 aliphatic rings. The van der Waals surface area contributed by atoms with Gasteiger partial charge >= 0.3 is 0 Å². The van der Waals surface area contributed by atoms with Gasteiger partial charge in [0, 0.05) is 5.75 Å². The van der Waals surface area contributed by atoms with Gasteiger partial charge in [-0.1, -0.05) is 6.07 Å². The minimum absolute atomic E-state index is 0.143. The van der Waals surface area contributed by atoms with Gasteiger partial charge in [-0.05, 0) is 29.2 Å². The van der Waals surface area contributed by atoms with Crippen LogP contribution >= 0.6 is 11.8 Å². The van der Waals surface area contributed by atoms with E-state index in [1.165, 1.54) is 11.8 Å². The Morgan fingerprint density at radius 2 is 2.05 bits per heavy atom. The number of amides is 2. The maximum atomic E-state index is 12.2. The zero-order valence-corrected chi connectivity index (χ0v) is 12.7. The largest absolute Gasteiger partial charge is 0.486 e. The number of carbonyl (C=O) groups is 2. The van der Waals surface area contributed by atoms with Crippen molar-refractivity contribution in [3.63, 3.8) is 0 Å². The first-order valence-electron chi connectivity index (χ1n) is 6.88. The lowest BCUT2D eigenvalue weighted by Gasteiger charge is -2.24. The monoisotopic (exact) mass is 320 g/mol. The number of primary amides is 1. The van der Waals surface area contributed by atoms with Crippen LogP contribution in [0.25, 0.3) is 0 Å². The smallest absolute Gasteiger partial charge is 0.248 e. The fraction of sp³-hybridized carbons (Fsp3) is 0.333. The summed E-state index contributed by atoms with van der Waals surface area (Å²) >= 11 is 1.44. The topological polar surface area (TPSA) is 90.7 Å². The highest BCUT2D eigenvalue weighted by atomic mass is 32.2. The minimum Gasteiger partial charge on any atom is -0.486 e. The highest BCUT2D eigenvalue weighted by molar-refractivity contribution is 8.02. The van der Waals surface area contributed by atoms with Crippen LogP contribution in [0.3, 0.4) is 0 Å². The van der Waals surface area contributed by atoms with Crippen LogP contribution in [0.5, 0.6) is 11.5 Å². The normalized spacial score (nSPS) is 22.4. The third kappa shape index (κ3) is 2.89. The maximum Gasteiger partial charge on any atom is 0.248 e. The van der Waals surface area contributed by atoms with E-state index >= 15 is 0 Å². The molecule has 22 heavy (non-hydrogen) atoms. The molecule has 0 bridgehead atoms. The van der Waals surface area contributed by atoms with Gasteiger partial charge in [0.2, 0.25) is 11.8 Å². The summed E-state index contributed by atoms with van der Waals surface area (Å²) in [5, 5.41) is 4.50. The second kappa shape index (κ2) is 5.92. The van der Waals surface area contributed by atoms with E-state index < -0.39 is 11.4 Å². The second-order valence-electron chi connectivity index (χ2n) is 5.15. The van der Waals surface area contributed by atoms with Crippen LogP contribution in [0, 0.1) is 0 Å². The molecule has 0 fully saturated rings. The molecule has 0 saturated carbocycles. The molecule has 2 aliphatic heterocycles. The molecule has 7 heteroatoms. The number of ether oxygens (including phenoxy) is 2. The quantitative estimate of drug-likeness (QED) is 0.848. The van der Waals surface area contributed by atoms with Gasteiger partial charge in [0.05, 0.1) is 6.42 Å². The fourth-order valence-corrected chi connectivity index (χ4v) is 3.36. The van der Waals surface area contributed by atoms with Crippen molar-refractivity contribution in [3.05, 3.63) is 35.2 Å². The van der Waals surface area contributed by atoms with E-state index in [9.17, 15) is 9.59 Å². The van der Waals surface area contributed by atoms with Gasteiger partial charge < -0.3 is 20.5 Å². The molecule has 1 unspecified atom stereocenters. The van der Waals surface area contributed by atoms with E-state index in [0.717, 1.165) is 5.56 Å². The second-order valence-corrected chi connectivity index (χ2v) is 6.05. The number of hydrogen-bond acceptors (Lipinski definition) is 5. The average Bonchev–Trinajstić information content (AvgIpc) is 2.97. The van der Waals surface area contributed by atoms with Crippen LogP contribution in [0.4, 0.5) is 0 Å². The summed E-state index contributed by atoms with van der Waals surface area (Å²) in [6, 6.07) is 5.37. The molecule has 2 heterocycles. The van der Waals surface area contributed by atoms with Crippen LogP contribution < -0.4 is 20.5 Å². The van der Waals surface area contributed by atoms with Gasteiger partial charge in [-0.2, -0.15) is 0 Å². The summed E-state index contributed by atoms with van der Waals surface area (Å²) in [5.41, 5.74) is 5.11. The third-order valence-corrected chi connectivity index (χ3v) is 4.48. The van der Waals surface area contributed by atoms with E-state index in [0.29, 0.717) is 30.5 Å². The van der Waals surface area contributed by atoms with E-state index in [2.05, 4.69) is 5.32 Å². The van der Waals surface area contributed by atoms with Crippen LogP contribution in [0.1, 0.15) is 5.56 Å². The summed E-state index contributed by atoms with van der Waals surface area (Å²) in [6.45, 7) is 1.02. The summed E-state index contributed by atoms with van der Waals surface area (Å²) < 4.78 is 10.9. The lowest BCUT2D eigenvalue weighted by atomic mass is 10.0. The molecule has 1 aromatic rings. The number of nitrogens with one attached hydrogen (secondary N) is 1. The molecule has 0 aromatic heterocycles. The Morgan fingerprint density at radius 1 is 1.27 bits per heavy atom. The first kappa shape index (κ1) is 14.8. The standard InChI is InChI=1S/C15H16N2O4S/c16-14(19)15(3-6-22-9-15)17-13(18)8-10-1-2-11-12(7-10)21-5-4-20-11/h1-3,6-7H,4-5,8-9H2,(H2,16,19)(H,17,18). The molecule has 2 amide bonds. The van der Waals surface area contributed by atoms with Crippen molar-refractivity contribution >= 4 is 23.6 Å². The Labute approximate surface area is 132 Å². The van der Waals surface area contributed by atoms with Gasteiger partial charge in [-0.3, -0.25) is 9.59 Å². The Kier molecular flexibility index (Phi) is 3.98. The molecule has 3 rings (SSSR count). The van der Waals surface area contributed by atoms with Crippen molar-refractivity contribution in [1.82, 2.24) is 5.32 Å². The summed E-state index contributed by atoms with van der Waals surface area (Å²) in [5.74, 6) is 0.929. The van der Waals surface area contributed by atoms with Crippen LogP contribution in [-0.2, 0) is 16.0 Å². The van der Waals surface area contributed by atoms with Crippen LogP contribution in [0.15, 0.2) is 29.7 Å². The number of nitrogens with two attached hydrogens (primary N) is 1. The molecule has 6 nitrogen and oxygen atoms in total. The van der Waals surface area contributed by atoms with E-state index in [1.54, 1.807) is 23.6 Å². The lowest BCUT2D eigenvalue weighted by Crippen LogP contribution is -2.57. The van der Waals surface area contributed by atoms with E-state index in [4.69, 9.17) is 15.2 Å². The molecule has 0 saturated heterocycles. The predicted octanol–water partition coefficient (Wildman–Crippen LogP) is 0.601. The van der Waals surface area contributed by atoms with Crippen molar-refractivity contribution in [2.75, 3.05) is 19.0 Å². The molecule has 116 valence electrons. The minimum atomic E-state index is -1.09. The van der Waals surface area contributed by atoms with Gasteiger partial charge in [0.15, 0.2) is 11.5 Å². The lowest BCUT2D eigenvalue weighted by molar-refractivity contribution is -0.128. The maximum absolute atomic E-state index is 12.2.